The van der Waals surface area contributed by atoms with Crippen molar-refractivity contribution in [1.29, 1.82) is 0 Å². The largest absolute Gasteiger partial charge is 0.363 e. The Balaban J connectivity index is 2.14. The third-order valence-corrected chi connectivity index (χ3v) is 4.33. The standard InChI is InChI=1S/C13H21N5O2S/c1-9(2)14-6-11-5-12(7-15-11)21(19,20)17-13-8-18(4)16-10(13)3/h5,7-9,14-15,17H,6H2,1-4H3. The lowest BCUT2D eigenvalue weighted by Gasteiger charge is -2.06. The maximum Gasteiger partial charge on any atom is 0.263 e. The minimum atomic E-state index is -3.60. The first-order chi connectivity index (χ1) is 9.78. The SMILES string of the molecule is Cc1nn(C)cc1NS(=O)(=O)c1c[nH]c(CNC(C)C)c1. The van der Waals surface area contributed by atoms with Crippen molar-refractivity contribution in [2.24, 2.45) is 7.05 Å². The van der Waals surface area contributed by atoms with Gasteiger partial charge < -0.3 is 10.3 Å². The minimum absolute atomic E-state index is 0.214. The van der Waals surface area contributed by atoms with E-state index in [-0.39, 0.29) is 4.90 Å². The summed E-state index contributed by atoms with van der Waals surface area (Å²) in [5.74, 6) is 0. The molecule has 0 saturated carbocycles. The number of nitrogens with zero attached hydrogens (tertiary/aromatic N) is 2. The van der Waals surface area contributed by atoms with E-state index in [1.54, 1.807) is 30.9 Å². The molecule has 0 radical (unpaired) electrons. The quantitative estimate of drug-likeness (QED) is 0.751. The molecule has 0 aliphatic rings. The minimum Gasteiger partial charge on any atom is -0.363 e. The van der Waals surface area contributed by atoms with E-state index in [2.05, 4.69) is 20.1 Å². The molecular formula is C13H21N5O2S. The highest BCUT2D eigenvalue weighted by Crippen LogP contribution is 2.19. The summed E-state index contributed by atoms with van der Waals surface area (Å²) in [4.78, 5) is 3.18. The van der Waals surface area contributed by atoms with Gasteiger partial charge in [0, 0.05) is 37.7 Å². The maximum atomic E-state index is 12.3. The molecule has 21 heavy (non-hydrogen) atoms. The van der Waals surface area contributed by atoms with Crippen molar-refractivity contribution in [2.45, 2.75) is 38.3 Å². The normalized spacial score (nSPS) is 12.0. The molecule has 0 aliphatic carbocycles. The Kier molecular flexibility index (Phi) is 4.38. The van der Waals surface area contributed by atoms with E-state index in [1.165, 1.54) is 6.20 Å². The van der Waals surface area contributed by atoms with Crippen LogP contribution in [0.5, 0.6) is 0 Å². The van der Waals surface area contributed by atoms with Gasteiger partial charge in [-0.3, -0.25) is 9.40 Å². The molecule has 7 nitrogen and oxygen atoms in total. The van der Waals surface area contributed by atoms with Gasteiger partial charge in [-0.25, -0.2) is 8.42 Å². The van der Waals surface area contributed by atoms with Gasteiger partial charge >= 0.3 is 0 Å². The second-order valence-electron chi connectivity index (χ2n) is 5.30. The number of rotatable bonds is 6. The molecule has 0 fully saturated rings. The van der Waals surface area contributed by atoms with Crippen molar-refractivity contribution < 1.29 is 8.42 Å². The Morgan fingerprint density at radius 1 is 1.43 bits per heavy atom. The molecule has 2 heterocycles. The van der Waals surface area contributed by atoms with E-state index >= 15 is 0 Å². The molecule has 0 saturated heterocycles. The molecule has 116 valence electrons. The van der Waals surface area contributed by atoms with Crippen LogP contribution in [-0.2, 0) is 23.6 Å². The van der Waals surface area contributed by atoms with Crippen LogP contribution in [0.3, 0.4) is 0 Å². The van der Waals surface area contributed by atoms with E-state index in [1.807, 2.05) is 13.8 Å². The molecule has 0 atom stereocenters. The van der Waals surface area contributed by atoms with Crippen LogP contribution in [0.4, 0.5) is 5.69 Å². The lowest BCUT2D eigenvalue weighted by Crippen LogP contribution is -2.21. The molecule has 0 unspecified atom stereocenters. The van der Waals surface area contributed by atoms with Crippen molar-refractivity contribution in [1.82, 2.24) is 20.1 Å². The van der Waals surface area contributed by atoms with Gasteiger partial charge in [0.05, 0.1) is 11.4 Å². The van der Waals surface area contributed by atoms with E-state index < -0.39 is 10.0 Å². The number of anilines is 1. The topological polar surface area (TPSA) is 91.8 Å². The number of nitrogens with one attached hydrogen (secondary N) is 3. The molecule has 2 aromatic rings. The van der Waals surface area contributed by atoms with Crippen LogP contribution >= 0.6 is 0 Å². The summed E-state index contributed by atoms with van der Waals surface area (Å²) in [6.07, 6.45) is 3.13. The number of aryl methyl sites for hydroxylation is 2. The van der Waals surface area contributed by atoms with Gasteiger partial charge in [0.1, 0.15) is 4.90 Å². The Bertz CT molecular complexity index is 715. The number of hydrogen-bond donors (Lipinski definition) is 3. The molecule has 0 aromatic carbocycles. The second-order valence-corrected chi connectivity index (χ2v) is 6.99. The highest BCUT2D eigenvalue weighted by molar-refractivity contribution is 7.92. The average molecular weight is 311 g/mol. The molecule has 2 aromatic heterocycles. The van der Waals surface area contributed by atoms with Gasteiger partial charge in [0.25, 0.3) is 10.0 Å². The van der Waals surface area contributed by atoms with Gasteiger partial charge in [0.2, 0.25) is 0 Å². The fourth-order valence-electron chi connectivity index (χ4n) is 1.89. The zero-order valence-electron chi connectivity index (χ0n) is 12.6. The van der Waals surface area contributed by atoms with E-state index in [0.717, 1.165) is 5.69 Å². The van der Waals surface area contributed by atoms with Crippen molar-refractivity contribution in [2.75, 3.05) is 4.72 Å². The summed E-state index contributed by atoms with van der Waals surface area (Å²) in [7, 11) is -1.86. The lowest BCUT2D eigenvalue weighted by molar-refractivity contribution is 0.582. The van der Waals surface area contributed by atoms with E-state index in [4.69, 9.17) is 0 Å². The second kappa shape index (κ2) is 5.90. The first-order valence-electron chi connectivity index (χ1n) is 6.71. The van der Waals surface area contributed by atoms with Gasteiger partial charge in [-0.2, -0.15) is 5.10 Å². The monoisotopic (exact) mass is 311 g/mol. The van der Waals surface area contributed by atoms with Gasteiger partial charge in [-0.1, -0.05) is 13.8 Å². The van der Waals surface area contributed by atoms with Crippen molar-refractivity contribution >= 4 is 15.7 Å². The molecule has 8 heteroatoms. The Morgan fingerprint density at radius 3 is 2.71 bits per heavy atom. The molecule has 0 amide bonds. The van der Waals surface area contributed by atoms with Crippen LogP contribution in [0.2, 0.25) is 0 Å². The van der Waals surface area contributed by atoms with Crippen LogP contribution in [0.15, 0.2) is 23.4 Å². The smallest absolute Gasteiger partial charge is 0.263 e. The highest BCUT2D eigenvalue weighted by Gasteiger charge is 2.18. The van der Waals surface area contributed by atoms with E-state index in [0.29, 0.717) is 24.0 Å². The zero-order chi connectivity index (χ0) is 15.6. The molecule has 0 aliphatic heterocycles. The van der Waals surface area contributed by atoms with Gasteiger partial charge in [0.15, 0.2) is 0 Å². The third-order valence-electron chi connectivity index (χ3n) is 2.99. The predicted molar refractivity (Wildman–Crippen MR) is 81.5 cm³/mol. The van der Waals surface area contributed by atoms with Crippen LogP contribution in [0.1, 0.15) is 25.2 Å². The molecule has 3 N–H and O–H groups in total. The number of sulfonamides is 1. The van der Waals surface area contributed by atoms with Gasteiger partial charge in [-0.05, 0) is 13.0 Å². The summed E-state index contributed by atoms with van der Waals surface area (Å²) in [5, 5.41) is 7.34. The van der Waals surface area contributed by atoms with Crippen LogP contribution in [0, 0.1) is 6.92 Å². The third kappa shape index (κ3) is 3.85. The molecule has 0 bridgehead atoms. The summed E-state index contributed by atoms with van der Waals surface area (Å²) in [6, 6.07) is 1.97. The van der Waals surface area contributed by atoms with Crippen LogP contribution in [-0.4, -0.2) is 29.2 Å². The number of hydrogen-bond acceptors (Lipinski definition) is 4. The first kappa shape index (κ1) is 15.6. The molecule has 0 spiro atoms. The Hall–Kier alpha value is -1.80. The van der Waals surface area contributed by atoms with Crippen molar-refractivity contribution in [3.63, 3.8) is 0 Å². The first-order valence-corrected chi connectivity index (χ1v) is 8.20. The lowest BCUT2D eigenvalue weighted by atomic mass is 10.3. The summed E-state index contributed by atoms with van der Waals surface area (Å²) in [6.45, 7) is 6.42. The Morgan fingerprint density at radius 2 is 2.14 bits per heavy atom. The van der Waals surface area contributed by atoms with E-state index in [9.17, 15) is 8.42 Å². The maximum absolute atomic E-state index is 12.3. The average Bonchev–Trinajstić information content (AvgIpc) is 2.94. The fourth-order valence-corrected chi connectivity index (χ4v) is 3.01. The number of aromatic amines is 1. The fraction of sp³-hybridized carbons (Fsp3) is 0.462. The number of aromatic nitrogens is 3. The highest BCUT2D eigenvalue weighted by atomic mass is 32.2. The molecule has 2 rings (SSSR count). The summed E-state index contributed by atoms with van der Waals surface area (Å²) >= 11 is 0. The predicted octanol–water partition coefficient (Wildman–Crippen LogP) is 1.36. The summed E-state index contributed by atoms with van der Waals surface area (Å²) in [5.41, 5.74) is 1.95. The van der Waals surface area contributed by atoms with Gasteiger partial charge in [-0.15, -0.1) is 0 Å². The molecular weight excluding hydrogens is 290 g/mol. The van der Waals surface area contributed by atoms with Crippen LogP contribution in [0.25, 0.3) is 0 Å². The zero-order valence-corrected chi connectivity index (χ0v) is 13.5. The van der Waals surface area contributed by atoms with Crippen molar-refractivity contribution in [3.05, 3.63) is 29.8 Å². The van der Waals surface area contributed by atoms with Crippen molar-refractivity contribution in [3.8, 4) is 0 Å². The summed E-state index contributed by atoms with van der Waals surface area (Å²) < 4.78 is 28.8. The number of H-pyrrole nitrogens is 1. The Labute approximate surface area is 124 Å². The van der Waals surface area contributed by atoms with Crippen LogP contribution < -0.4 is 10.0 Å².